The van der Waals surface area contributed by atoms with Crippen LogP contribution in [0.2, 0.25) is 0 Å². The largest absolute Gasteiger partial charge is 0.455 e. The summed E-state index contributed by atoms with van der Waals surface area (Å²) < 4.78 is 6.37. The van der Waals surface area contributed by atoms with Gasteiger partial charge in [0.15, 0.2) is 5.75 Å². The average molecular weight is 386 g/mol. The molecule has 3 aromatic rings. The Bertz CT molecular complexity index is 872. The molecular weight excluding hydrogens is 374 g/mol. The second-order valence-corrected chi connectivity index (χ2v) is 5.73. The number of para-hydroxylation sites is 3. The highest BCUT2D eigenvalue weighted by Crippen LogP contribution is 2.34. The van der Waals surface area contributed by atoms with Gasteiger partial charge in [-0.2, -0.15) is 0 Å². The average Bonchev–Trinajstić information content (AvgIpc) is 2.59. The highest BCUT2D eigenvalue weighted by Gasteiger charge is 2.17. The normalized spacial score (nSPS) is 10.2. The molecule has 3 rings (SSSR count). The van der Waals surface area contributed by atoms with Gasteiger partial charge in [-0.05, 0) is 40.2 Å². The van der Waals surface area contributed by atoms with E-state index in [1.807, 2.05) is 42.5 Å². The molecule has 0 saturated carbocycles. The molecule has 0 saturated heterocycles. The quantitative estimate of drug-likeness (QED) is 0.476. The Balaban J connectivity index is 1.93. The summed E-state index contributed by atoms with van der Waals surface area (Å²) in [6.07, 6.45) is 1.50. The van der Waals surface area contributed by atoms with Crippen LogP contribution in [0.4, 0.5) is 17.2 Å². The monoisotopic (exact) mass is 385 g/mol. The summed E-state index contributed by atoms with van der Waals surface area (Å²) in [5.41, 5.74) is 0.457. The minimum atomic E-state index is -0.485. The van der Waals surface area contributed by atoms with E-state index in [1.165, 1.54) is 12.3 Å². The number of hydrogen-bond donors (Lipinski definition) is 1. The van der Waals surface area contributed by atoms with E-state index in [2.05, 4.69) is 26.2 Å². The number of rotatable bonds is 5. The predicted molar refractivity (Wildman–Crippen MR) is 94.8 cm³/mol. The van der Waals surface area contributed by atoms with E-state index in [0.717, 1.165) is 0 Å². The minimum Gasteiger partial charge on any atom is -0.455 e. The Hall–Kier alpha value is -2.93. The van der Waals surface area contributed by atoms with Crippen molar-refractivity contribution in [2.45, 2.75) is 0 Å². The van der Waals surface area contributed by atoms with E-state index in [1.54, 1.807) is 12.1 Å². The second-order valence-electron chi connectivity index (χ2n) is 4.81. The van der Waals surface area contributed by atoms with E-state index >= 15 is 0 Å². The van der Waals surface area contributed by atoms with Crippen molar-refractivity contribution < 1.29 is 9.66 Å². The van der Waals surface area contributed by atoms with Crippen molar-refractivity contribution in [3.05, 3.63) is 81.4 Å². The van der Waals surface area contributed by atoms with Crippen LogP contribution in [0.5, 0.6) is 11.5 Å². The molecule has 0 spiro atoms. The third-order valence-electron chi connectivity index (χ3n) is 3.14. The van der Waals surface area contributed by atoms with Crippen LogP contribution in [0.25, 0.3) is 0 Å². The fourth-order valence-electron chi connectivity index (χ4n) is 2.07. The standard InChI is InChI=1S/C17H12BrN3O3/c18-12-10-15(21(22)23)17(19-11-12)20-14-8-4-5-9-16(14)24-13-6-2-1-3-7-13/h1-11H,(H,19,20). The van der Waals surface area contributed by atoms with Crippen molar-refractivity contribution in [1.29, 1.82) is 0 Å². The van der Waals surface area contributed by atoms with Crippen LogP contribution in [0.1, 0.15) is 0 Å². The molecule has 1 N–H and O–H groups in total. The van der Waals surface area contributed by atoms with Gasteiger partial charge in [-0.15, -0.1) is 0 Å². The molecule has 24 heavy (non-hydrogen) atoms. The Morgan fingerprint density at radius 3 is 2.54 bits per heavy atom. The molecule has 0 bridgehead atoms. The van der Waals surface area contributed by atoms with Crippen LogP contribution >= 0.6 is 15.9 Å². The van der Waals surface area contributed by atoms with Crippen molar-refractivity contribution in [2.24, 2.45) is 0 Å². The third kappa shape index (κ3) is 3.69. The molecule has 1 aromatic heterocycles. The number of ether oxygens (including phenoxy) is 1. The molecule has 0 aliphatic rings. The van der Waals surface area contributed by atoms with Gasteiger partial charge in [0.2, 0.25) is 5.82 Å². The van der Waals surface area contributed by atoms with Crippen molar-refractivity contribution in [3.8, 4) is 11.5 Å². The molecule has 6 nitrogen and oxygen atoms in total. The Morgan fingerprint density at radius 2 is 1.79 bits per heavy atom. The lowest BCUT2D eigenvalue weighted by Crippen LogP contribution is -2.01. The molecule has 0 amide bonds. The summed E-state index contributed by atoms with van der Waals surface area (Å²) in [5, 5.41) is 14.2. The van der Waals surface area contributed by atoms with E-state index in [4.69, 9.17) is 4.74 Å². The number of pyridine rings is 1. The predicted octanol–water partition coefficient (Wildman–Crippen LogP) is 5.29. The fraction of sp³-hybridized carbons (Fsp3) is 0. The first-order chi connectivity index (χ1) is 11.6. The highest BCUT2D eigenvalue weighted by molar-refractivity contribution is 9.10. The molecule has 2 aromatic carbocycles. The molecule has 0 fully saturated rings. The first kappa shape index (κ1) is 15.9. The molecule has 0 radical (unpaired) electrons. The third-order valence-corrected chi connectivity index (χ3v) is 3.58. The first-order valence-corrected chi connectivity index (χ1v) is 7.81. The van der Waals surface area contributed by atoms with Gasteiger partial charge in [0.1, 0.15) is 5.75 Å². The number of nitro groups is 1. The second kappa shape index (κ2) is 7.10. The molecule has 0 atom stereocenters. The summed E-state index contributed by atoms with van der Waals surface area (Å²) in [4.78, 5) is 14.8. The maximum Gasteiger partial charge on any atom is 0.312 e. The topological polar surface area (TPSA) is 77.3 Å². The van der Waals surface area contributed by atoms with Crippen LogP contribution in [0, 0.1) is 10.1 Å². The lowest BCUT2D eigenvalue weighted by Gasteiger charge is -2.12. The number of nitrogens with zero attached hydrogens (tertiary/aromatic N) is 2. The van der Waals surface area contributed by atoms with E-state index in [-0.39, 0.29) is 11.5 Å². The first-order valence-electron chi connectivity index (χ1n) is 7.02. The Morgan fingerprint density at radius 1 is 1.08 bits per heavy atom. The summed E-state index contributed by atoms with van der Waals surface area (Å²) in [6.45, 7) is 0. The van der Waals surface area contributed by atoms with E-state index < -0.39 is 4.92 Å². The summed E-state index contributed by atoms with van der Waals surface area (Å²) in [5.74, 6) is 1.36. The zero-order valence-electron chi connectivity index (χ0n) is 12.3. The van der Waals surface area contributed by atoms with Gasteiger partial charge in [0.05, 0.1) is 10.6 Å². The van der Waals surface area contributed by atoms with Crippen LogP contribution < -0.4 is 10.1 Å². The maximum atomic E-state index is 11.2. The number of aromatic nitrogens is 1. The van der Waals surface area contributed by atoms with Crippen molar-refractivity contribution >= 4 is 33.1 Å². The lowest BCUT2D eigenvalue weighted by atomic mass is 10.2. The van der Waals surface area contributed by atoms with Gasteiger partial charge in [0, 0.05) is 16.7 Å². The highest BCUT2D eigenvalue weighted by atomic mass is 79.9. The van der Waals surface area contributed by atoms with Crippen LogP contribution in [-0.2, 0) is 0 Å². The molecule has 7 heteroatoms. The number of anilines is 2. The fourth-order valence-corrected chi connectivity index (χ4v) is 2.39. The van der Waals surface area contributed by atoms with Gasteiger partial charge < -0.3 is 10.1 Å². The lowest BCUT2D eigenvalue weighted by molar-refractivity contribution is -0.384. The molecule has 0 unspecified atom stereocenters. The number of hydrogen-bond acceptors (Lipinski definition) is 5. The molecular formula is C17H12BrN3O3. The molecule has 1 heterocycles. The SMILES string of the molecule is O=[N+]([O-])c1cc(Br)cnc1Nc1ccccc1Oc1ccccc1. The number of halogens is 1. The van der Waals surface area contributed by atoms with Crippen molar-refractivity contribution in [2.75, 3.05) is 5.32 Å². The summed E-state index contributed by atoms with van der Waals surface area (Å²) in [7, 11) is 0. The van der Waals surface area contributed by atoms with Gasteiger partial charge in [-0.25, -0.2) is 4.98 Å². The summed E-state index contributed by atoms with van der Waals surface area (Å²) >= 11 is 3.19. The molecule has 120 valence electrons. The zero-order valence-corrected chi connectivity index (χ0v) is 13.9. The van der Waals surface area contributed by atoms with Gasteiger partial charge in [-0.1, -0.05) is 30.3 Å². The summed E-state index contributed by atoms with van der Waals surface area (Å²) in [6, 6.07) is 17.9. The smallest absolute Gasteiger partial charge is 0.312 e. The minimum absolute atomic E-state index is 0.126. The Kier molecular flexibility index (Phi) is 4.72. The van der Waals surface area contributed by atoms with E-state index in [9.17, 15) is 10.1 Å². The van der Waals surface area contributed by atoms with E-state index in [0.29, 0.717) is 21.7 Å². The van der Waals surface area contributed by atoms with Gasteiger partial charge in [0.25, 0.3) is 0 Å². The van der Waals surface area contributed by atoms with Gasteiger partial charge in [-0.3, -0.25) is 10.1 Å². The van der Waals surface area contributed by atoms with Crippen molar-refractivity contribution in [1.82, 2.24) is 4.98 Å². The van der Waals surface area contributed by atoms with Gasteiger partial charge >= 0.3 is 5.69 Å². The zero-order chi connectivity index (χ0) is 16.9. The Labute approximate surface area is 146 Å². The maximum absolute atomic E-state index is 11.2. The van der Waals surface area contributed by atoms with Crippen LogP contribution in [0.3, 0.4) is 0 Å². The number of nitrogens with one attached hydrogen (secondary N) is 1. The molecule has 0 aliphatic carbocycles. The molecule has 0 aliphatic heterocycles. The van der Waals surface area contributed by atoms with Crippen molar-refractivity contribution in [3.63, 3.8) is 0 Å². The van der Waals surface area contributed by atoms with Crippen LogP contribution in [-0.4, -0.2) is 9.91 Å². The van der Waals surface area contributed by atoms with Crippen LogP contribution in [0.15, 0.2) is 71.3 Å². The number of benzene rings is 2.